The highest BCUT2D eigenvalue weighted by Crippen LogP contribution is 2.35. The van der Waals surface area contributed by atoms with Gasteiger partial charge in [-0.25, -0.2) is 0 Å². The van der Waals surface area contributed by atoms with Gasteiger partial charge in [0.05, 0.1) is 16.6 Å². The molecule has 24 heavy (non-hydrogen) atoms. The SMILES string of the molecule is O=C(Nc1ccc2nccnc2c1)c1cc2c(cc1Br)OCCO2. The highest BCUT2D eigenvalue weighted by molar-refractivity contribution is 9.10. The molecule has 0 atom stereocenters. The number of hydrogen-bond donors (Lipinski definition) is 1. The number of nitrogens with zero attached hydrogens (tertiary/aromatic N) is 2. The fourth-order valence-corrected chi connectivity index (χ4v) is 2.98. The summed E-state index contributed by atoms with van der Waals surface area (Å²) in [5.74, 6) is 0.951. The van der Waals surface area contributed by atoms with Crippen LogP contribution in [-0.4, -0.2) is 29.1 Å². The van der Waals surface area contributed by atoms with Crippen LogP contribution in [0.4, 0.5) is 5.69 Å². The second-order valence-corrected chi connectivity index (χ2v) is 6.04. The van der Waals surface area contributed by atoms with Gasteiger partial charge in [-0.2, -0.15) is 0 Å². The normalized spacial score (nSPS) is 12.9. The molecule has 2 aromatic carbocycles. The molecular weight excluding hydrogens is 374 g/mol. The lowest BCUT2D eigenvalue weighted by molar-refractivity contribution is 0.102. The molecule has 3 aromatic rings. The van der Waals surface area contributed by atoms with Gasteiger partial charge in [-0.05, 0) is 46.3 Å². The van der Waals surface area contributed by atoms with Crippen LogP contribution in [0.15, 0.2) is 47.2 Å². The molecule has 0 saturated carbocycles. The Hall–Kier alpha value is -2.67. The summed E-state index contributed by atoms with van der Waals surface area (Å²) in [6.07, 6.45) is 3.25. The number of ether oxygens (including phenoxy) is 2. The monoisotopic (exact) mass is 385 g/mol. The van der Waals surface area contributed by atoms with Crippen molar-refractivity contribution in [1.29, 1.82) is 0 Å². The molecule has 0 saturated heterocycles. The lowest BCUT2D eigenvalue weighted by atomic mass is 10.1. The number of carbonyl (C=O) groups excluding carboxylic acids is 1. The molecule has 0 fully saturated rings. The maximum atomic E-state index is 12.6. The van der Waals surface area contributed by atoms with Gasteiger partial charge in [-0.1, -0.05) is 0 Å². The number of carbonyl (C=O) groups is 1. The standard InChI is InChI=1S/C17H12BrN3O3/c18-12-9-16-15(23-5-6-24-16)8-11(12)17(22)21-10-1-2-13-14(7-10)20-4-3-19-13/h1-4,7-9H,5-6H2,(H,21,22). The zero-order chi connectivity index (χ0) is 16.5. The first-order chi connectivity index (χ1) is 11.7. The molecule has 0 unspecified atom stereocenters. The van der Waals surface area contributed by atoms with Gasteiger partial charge in [0.15, 0.2) is 11.5 Å². The number of hydrogen-bond acceptors (Lipinski definition) is 5. The minimum absolute atomic E-state index is 0.248. The number of rotatable bonds is 2. The van der Waals surface area contributed by atoms with Gasteiger partial charge in [0.25, 0.3) is 5.91 Å². The van der Waals surface area contributed by atoms with Crippen LogP contribution in [0.25, 0.3) is 11.0 Å². The molecule has 0 bridgehead atoms. The molecule has 1 amide bonds. The third kappa shape index (κ3) is 2.78. The topological polar surface area (TPSA) is 73.3 Å². The van der Waals surface area contributed by atoms with E-state index in [1.54, 1.807) is 36.7 Å². The van der Waals surface area contributed by atoms with E-state index < -0.39 is 0 Å². The first-order valence-corrected chi connectivity index (χ1v) is 8.11. The van der Waals surface area contributed by atoms with Gasteiger partial charge < -0.3 is 14.8 Å². The predicted molar refractivity (Wildman–Crippen MR) is 92.6 cm³/mol. The van der Waals surface area contributed by atoms with Gasteiger partial charge in [0.1, 0.15) is 13.2 Å². The summed E-state index contributed by atoms with van der Waals surface area (Å²) >= 11 is 3.41. The Morgan fingerprint density at radius 3 is 2.50 bits per heavy atom. The van der Waals surface area contributed by atoms with E-state index in [1.165, 1.54) is 0 Å². The second kappa shape index (κ2) is 6.09. The van der Waals surface area contributed by atoms with Crippen molar-refractivity contribution in [3.8, 4) is 11.5 Å². The van der Waals surface area contributed by atoms with Gasteiger partial charge in [-0.3, -0.25) is 14.8 Å². The maximum absolute atomic E-state index is 12.6. The van der Waals surface area contributed by atoms with E-state index in [4.69, 9.17) is 9.47 Å². The first-order valence-electron chi connectivity index (χ1n) is 7.32. The van der Waals surface area contributed by atoms with Crippen molar-refractivity contribution in [2.75, 3.05) is 18.5 Å². The zero-order valence-corrected chi connectivity index (χ0v) is 14.0. The molecule has 120 valence electrons. The Kier molecular flexibility index (Phi) is 3.78. The summed E-state index contributed by atoms with van der Waals surface area (Å²) in [5.41, 5.74) is 2.61. The molecule has 1 aromatic heterocycles. The molecule has 7 heteroatoms. The summed E-state index contributed by atoms with van der Waals surface area (Å²) in [6.45, 7) is 0.974. The van der Waals surface area contributed by atoms with Crippen LogP contribution in [0.1, 0.15) is 10.4 Å². The molecule has 1 aliphatic heterocycles. The van der Waals surface area contributed by atoms with Crippen LogP contribution in [0.3, 0.4) is 0 Å². The Labute approximate surface area is 146 Å². The number of benzene rings is 2. The number of fused-ring (bicyclic) bond motifs is 2. The molecule has 0 radical (unpaired) electrons. The van der Waals surface area contributed by atoms with Crippen molar-refractivity contribution in [2.45, 2.75) is 0 Å². The Morgan fingerprint density at radius 1 is 1.00 bits per heavy atom. The second-order valence-electron chi connectivity index (χ2n) is 5.19. The number of anilines is 1. The van der Waals surface area contributed by atoms with Crippen LogP contribution in [0.5, 0.6) is 11.5 Å². The average Bonchev–Trinajstić information content (AvgIpc) is 2.61. The fourth-order valence-electron chi connectivity index (χ4n) is 2.48. The van der Waals surface area contributed by atoms with Gasteiger partial charge in [0.2, 0.25) is 0 Å². The molecule has 0 aliphatic carbocycles. The van der Waals surface area contributed by atoms with Crippen molar-refractivity contribution in [2.24, 2.45) is 0 Å². The van der Waals surface area contributed by atoms with E-state index in [0.717, 1.165) is 11.0 Å². The maximum Gasteiger partial charge on any atom is 0.256 e. The van der Waals surface area contributed by atoms with Gasteiger partial charge in [-0.15, -0.1) is 0 Å². The van der Waals surface area contributed by atoms with Crippen molar-refractivity contribution in [3.05, 3.63) is 52.8 Å². The summed E-state index contributed by atoms with van der Waals surface area (Å²) in [5, 5.41) is 2.86. The summed E-state index contributed by atoms with van der Waals surface area (Å²) < 4.78 is 11.7. The molecule has 0 spiro atoms. The average molecular weight is 386 g/mol. The number of halogens is 1. The predicted octanol–water partition coefficient (Wildman–Crippen LogP) is 3.42. The number of amides is 1. The van der Waals surface area contributed by atoms with Crippen LogP contribution in [0.2, 0.25) is 0 Å². The van der Waals surface area contributed by atoms with Crippen molar-refractivity contribution in [3.63, 3.8) is 0 Å². The van der Waals surface area contributed by atoms with Crippen molar-refractivity contribution in [1.82, 2.24) is 9.97 Å². The molecule has 4 rings (SSSR count). The van der Waals surface area contributed by atoms with E-state index in [2.05, 4.69) is 31.2 Å². The lowest BCUT2D eigenvalue weighted by Gasteiger charge is -2.19. The number of nitrogens with one attached hydrogen (secondary N) is 1. The Balaban J connectivity index is 1.63. The van der Waals surface area contributed by atoms with E-state index in [0.29, 0.717) is 40.4 Å². The van der Waals surface area contributed by atoms with Crippen LogP contribution < -0.4 is 14.8 Å². The summed E-state index contributed by atoms with van der Waals surface area (Å²) in [6, 6.07) is 8.81. The van der Waals surface area contributed by atoms with E-state index >= 15 is 0 Å². The van der Waals surface area contributed by atoms with E-state index in [-0.39, 0.29) is 5.91 Å². The smallest absolute Gasteiger partial charge is 0.256 e. The largest absolute Gasteiger partial charge is 0.486 e. The van der Waals surface area contributed by atoms with E-state index in [9.17, 15) is 4.79 Å². The Bertz CT molecular complexity index is 946. The third-order valence-corrected chi connectivity index (χ3v) is 4.26. The first kappa shape index (κ1) is 14.9. The van der Waals surface area contributed by atoms with Crippen LogP contribution in [-0.2, 0) is 0 Å². The fraction of sp³-hybridized carbons (Fsp3) is 0.118. The van der Waals surface area contributed by atoms with Crippen molar-refractivity contribution >= 4 is 38.6 Å². The molecule has 1 aliphatic rings. The van der Waals surface area contributed by atoms with Crippen LogP contribution >= 0.6 is 15.9 Å². The number of aromatic nitrogens is 2. The summed E-state index contributed by atoms with van der Waals surface area (Å²) in [4.78, 5) is 21.0. The van der Waals surface area contributed by atoms with Crippen molar-refractivity contribution < 1.29 is 14.3 Å². The summed E-state index contributed by atoms with van der Waals surface area (Å²) in [7, 11) is 0. The van der Waals surface area contributed by atoms with Gasteiger partial charge in [0, 0.05) is 22.6 Å². The molecule has 2 heterocycles. The third-order valence-electron chi connectivity index (χ3n) is 3.60. The molecular formula is C17H12BrN3O3. The quantitative estimate of drug-likeness (QED) is 0.731. The highest BCUT2D eigenvalue weighted by Gasteiger charge is 2.19. The van der Waals surface area contributed by atoms with Crippen LogP contribution in [0, 0.1) is 0 Å². The lowest BCUT2D eigenvalue weighted by Crippen LogP contribution is -2.17. The van der Waals surface area contributed by atoms with E-state index in [1.807, 2.05) is 6.07 Å². The van der Waals surface area contributed by atoms with Gasteiger partial charge >= 0.3 is 0 Å². The molecule has 1 N–H and O–H groups in total. The minimum Gasteiger partial charge on any atom is -0.486 e. The molecule has 6 nitrogen and oxygen atoms in total. The highest BCUT2D eigenvalue weighted by atomic mass is 79.9. The minimum atomic E-state index is -0.248. The zero-order valence-electron chi connectivity index (χ0n) is 12.5. The Morgan fingerprint density at radius 2 is 1.71 bits per heavy atom.